The number of rotatable bonds is 2. The predicted octanol–water partition coefficient (Wildman–Crippen LogP) is 3.43. The summed E-state index contributed by atoms with van der Waals surface area (Å²) in [5.41, 5.74) is 2.82. The van der Waals surface area contributed by atoms with Crippen molar-refractivity contribution < 1.29 is 5.11 Å². The van der Waals surface area contributed by atoms with E-state index in [4.69, 9.17) is 5.11 Å². The lowest BCUT2D eigenvalue weighted by Gasteiger charge is -2.36. The van der Waals surface area contributed by atoms with Gasteiger partial charge >= 0.3 is 0 Å². The number of anilines is 1. The topological polar surface area (TPSA) is 23.5 Å². The van der Waals surface area contributed by atoms with E-state index in [-0.39, 0.29) is 6.61 Å². The molecule has 1 aliphatic heterocycles. The fourth-order valence-corrected chi connectivity index (χ4v) is 3.71. The van der Waals surface area contributed by atoms with Crippen LogP contribution < -0.4 is 4.90 Å². The molecule has 1 atom stereocenters. The van der Waals surface area contributed by atoms with Crippen LogP contribution in [0, 0.1) is 11.8 Å². The van der Waals surface area contributed by atoms with E-state index >= 15 is 0 Å². The Balaban J connectivity index is 1.82. The van der Waals surface area contributed by atoms with Crippen molar-refractivity contribution in [3.8, 4) is 11.8 Å². The fraction of sp³-hybridized carbons (Fsp3) is 0.333. The summed E-state index contributed by atoms with van der Waals surface area (Å²) in [5.74, 6) is 5.69. The summed E-state index contributed by atoms with van der Waals surface area (Å²) in [6.45, 7) is 3.16. The fourth-order valence-electron chi connectivity index (χ4n) is 2.83. The summed E-state index contributed by atoms with van der Waals surface area (Å²) < 4.78 is 0. The van der Waals surface area contributed by atoms with Crippen molar-refractivity contribution in [1.29, 1.82) is 0 Å². The third-order valence-corrected chi connectivity index (χ3v) is 4.93. The highest BCUT2D eigenvalue weighted by Crippen LogP contribution is 2.32. The minimum Gasteiger partial charge on any atom is -0.384 e. The number of benzene rings is 1. The summed E-state index contributed by atoms with van der Waals surface area (Å²) in [6, 6.07) is 13.5. The van der Waals surface area contributed by atoms with Crippen LogP contribution in [0.2, 0.25) is 0 Å². The minimum absolute atomic E-state index is 0.0796. The van der Waals surface area contributed by atoms with Crippen molar-refractivity contribution in [3.05, 3.63) is 51.7 Å². The van der Waals surface area contributed by atoms with Crippen LogP contribution in [0.15, 0.2) is 36.4 Å². The molecule has 1 aromatic heterocycles. The molecule has 3 heteroatoms. The van der Waals surface area contributed by atoms with E-state index in [2.05, 4.69) is 54.0 Å². The second kappa shape index (κ2) is 6.34. The Bertz CT molecular complexity index is 680. The van der Waals surface area contributed by atoms with Crippen LogP contribution in [0.4, 0.5) is 5.69 Å². The number of aryl methyl sites for hydroxylation is 1. The molecular weight excluding hydrogens is 278 g/mol. The van der Waals surface area contributed by atoms with Crippen LogP contribution in [0.1, 0.15) is 28.7 Å². The Hall–Kier alpha value is -1.76. The zero-order chi connectivity index (χ0) is 14.7. The van der Waals surface area contributed by atoms with Gasteiger partial charge in [-0.15, -0.1) is 11.3 Å². The van der Waals surface area contributed by atoms with E-state index in [1.54, 1.807) is 11.3 Å². The molecule has 2 aromatic rings. The van der Waals surface area contributed by atoms with Gasteiger partial charge in [0.15, 0.2) is 0 Å². The maximum atomic E-state index is 8.76. The first-order valence-corrected chi connectivity index (χ1v) is 8.12. The van der Waals surface area contributed by atoms with Gasteiger partial charge in [-0.3, -0.25) is 0 Å². The molecule has 1 aliphatic rings. The van der Waals surface area contributed by atoms with E-state index in [9.17, 15) is 0 Å². The average molecular weight is 297 g/mol. The van der Waals surface area contributed by atoms with Gasteiger partial charge in [-0.2, -0.15) is 0 Å². The molecule has 0 saturated heterocycles. The van der Waals surface area contributed by atoms with Crippen molar-refractivity contribution in [2.24, 2.45) is 0 Å². The van der Waals surface area contributed by atoms with E-state index in [0.717, 1.165) is 11.4 Å². The van der Waals surface area contributed by atoms with Gasteiger partial charge in [0.1, 0.15) is 6.61 Å². The molecule has 0 amide bonds. The van der Waals surface area contributed by atoms with Crippen LogP contribution in [-0.4, -0.2) is 17.8 Å². The molecule has 0 radical (unpaired) electrons. The average Bonchev–Trinajstić information content (AvgIpc) is 2.96. The highest BCUT2D eigenvalue weighted by atomic mass is 32.1. The molecule has 108 valence electrons. The van der Waals surface area contributed by atoms with Gasteiger partial charge in [0.05, 0.1) is 11.4 Å². The van der Waals surface area contributed by atoms with Gasteiger partial charge in [0, 0.05) is 16.6 Å². The Kier molecular flexibility index (Phi) is 4.28. The van der Waals surface area contributed by atoms with Crippen LogP contribution in [0.25, 0.3) is 0 Å². The molecule has 0 fully saturated rings. The Labute approximate surface area is 130 Å². The van der Waals surface area contributed by atoms with Crippen LogP contribution >= 0.6 is 11.3 Å². The monoisotopic (exact) mass is 297 g/mol. The lowest BCUT2D eigenvalue weighted by Crippen LogP contribution is -2.36. The lowest BCUT2D eigenvalue weighted by molar-refractivity contribution is 0.350. The first-order chi connectivity index (χ1) is 10.3. The normalized spacial score (nSPS) is 17.0. The van der Waals surface area contributed by atoms with Gasteiger partial charge in [0.25, 0.3) is 0 Å². The summed E-state index contributed by atoms with van der Waals surface area (Å²) in [7, 11) is 0. The second-order valence-corrected chi connectivity index (χ2v) is 6.54. The number of hydrogen-bond donors (Lipinski definition) is 1. The predicted molar refractivity (Wildman–Crippen MR) is 88.7 cm³/mol. The molecule has 0 spiro atoms. The van der Waals surface area contributed by atoms with Crippen molar-refractivity contribution in [3.63, 3.8) is 0 Å². The molecule has 2 heterocycles. The smallest absolute Gasteiger partial charge is 0.104 e. The summed E-state index contributed by atoms with van der Waals surface area (Å²) in [5, 5.41) is 8.76. The second-order valence-electron chi connectivity index (χ2n) is 5.37. The summed E-state index contributed by atoms with van der Waals surface area (Å²) in [6.07, 6.45) is 2.38. The lowest BCUT2D eigenvalue weighted by atomic mass is 9.96. The number of aliphatic hydroxyl groups is 1. The molecule has 21 heavy (non-hydrogen) atoms. The van der Waals surface area contributed by atoms with E-state index in [0.29, 0.717) is 6.04 Å². The zero-order valence-corrected chi connectivity index (χ0v) is 13.0. The van der Waals surface area contributed by atoms with Crippen LogP contribution in [-0.2, 0) is 13.0 Å². The zero-order valence-electron chi connectivity index (χ0n) is 12.2. The van der Waals surface area contributed by atoms with Crippen molar-refractivity contribution in [2.45, 2.75) is 32.4 Å². The van der Waals surface area contributed by atoms with Gasteiger partial charge < -0.3 is 10.0 Å². The molecular formula is C18H19NOS. The molecule has 0 aliphatic carbocycles. The SMILES string of the molecule is CC1CCc2ccccc2N1Cc1ccc(C#CCO)s1. The van der Waals surface area contributed by atoms with Crippen molar-refractivity contribution in [2.75, 3.05) is 11.5 Å². The Morgan fingerprint density at radius 1 is 1.29 bits per heavy atom. The van der Waals surface area contributed by atoms with E-state index < -0.39 is 0 Å². The first kappa shape index (κ1) is 14.2. The maximum absolute atomic E-state index is 8.76. The standard InChI is InChI=1S/C18H19NOS/c1-14-8-9-15-5-2-3-7-18(15)19(14)13-17-11-10-16(21-17)6-4-12-20/h2-3,5,7,10-11,14,20H,8-9,12-13H2,1H3. The van der Waals surface area contributed by atoms with Gasteiger partial charge in [0.2, 0.25) is 0 Å². The summed E-state index contributed by atoms with van der Waals surface area (Å²) >= 11 is 1.72. The molecule has 0 saturated carbocycles. The quantitative estimate of drug-likeness (QED) is 0.858. The van der Waals surface area contributed by atoms with Gasteiger partial charge in [-0.05, 0) is 43.5 Å². The summed E-state index contributed by atoms with van der Waals surface area (Å²) in [4.78, 5) is 4.84. The molecule has 3 rings (SSSR count). The minimum atomic E-state index is -0.0796. The molecule has 1 N–H and O–H groups in total. The van der Waals surface area contributed by atoms with E-state index in [1.165, 1.54) is 29.0 Å². The largest absolute Gasteiger partial charge is 0.384 e. The number of thiophene rings is 1. The van der Waals surface area contributed by atoms with Crippen LogP contribution in [0.5, 0.6) is 0 Å². The first-order valence-electron chi connectivity index (χ1n) is 7.31. The van der Waals surface area contributed by atoms with Crippen LogP contribution in [0.3, 0.4) is 0 Å². The van der Waals surface area contributed by atoms with E-state index in [1.807, 2.05) is 6.07 Å². The molecule has 2 nitrogen and oxygen atoms in total. The Morgan fingerprint density at radius 3 is 3.00 bits per heavy atom. The van der Waals surface area contributed by atoms with Gasteiger partial charge in [-0.25, -0.2) is 0 Å². The molecule has 1 unspecified atom stereocenters. The number of hydrogen-bond acceptors (Lipinski definition) is 3. The molecule has 0 bridgehead atoms. The third-order valence-electron chi connectivity index (χ3n) is 3.94. The highest BCUT2D eigenvalue weighted by Gasteiger charge is 2.22. The maximum Gasteiger partial charge on any atom is 0.104 e. The highest BCUT2D eigenvalue weighted by molar-refractivity contribution is 7.12. The number of nitrogens with zero attached hydrogens (tertiary/aromatic N) is 1. The number of fused-ring (bicyclic) bond motifs is 1. The number of para-hydroxylation sites is 1. The van der Waals surface area contributed by atoms with Crippen molar-refractivity contribution in [1.82, 2.24) is 0 Å². The Morgan fingerprint density at radius 2 is 2.14 bits per heavy atom. The molecule has 1 aromatic carbocycles. The van der Waals surface area contributed by atoms with Gasteiger partial charge in [-0.1, -0.05) is 30.0 Å². The number of aliphatic hydroxyl groups excluding tert-OH is 1. The van der Waals surface area contributed by atoms with Crippen molar-refractivity contribution >= 4 is 17.0 Å². The third kappa shape index (κ3) is 3.12.